The summed E-state index contributed by atoms with van der Waals surface area (Å²) in [5.41, 5.74) is 11.2. The fourth-order valence-electron chi connectivity index (χ4n) is 1.66. The molecule has 0 unspecified atom stereocenters. The normalized spacial score (nSPS) is 10.1. The minimum atomic E-state index is -0.622. The standard InChI is InChI=1S/C15H17N3O3/c1-2-7-20-10-3-5-11(6-4-10)21-14-8-12(15(17)19)13(16)9-18-14/h3-6,8-9H,2,7,16H2,1H3,(H2,17,19). The number of nitrogens with zero attached hydrogens (tertiary/aromatic N) is 1. The molecule has 1 aromatic heterocycles. The maximum atomic E-state index is 11.2. The van der Waals surface area contributed by atoms with E-state index in [1.165, 1.54) is 12.3 Å². The number of nitrogens with two attached hydrogens (primary N) is 2. The Hall–Kier alpha value is -2.76. The number of pyridine rings is 1. The summed E-state index contributed by atoms with van der Waals surface area (Å²) in [6.07, 6.45) is 2.29. The molecule has 1 aromatic carbocycles. The number of carbonyl (C=O) groups is 1. The highest BCUT2D eigenvalue weighted by molar-refractivity contribution is 5.98. The highest BCUT2D eigenvalue weighted by Gasteiger charge is 2.09. The van der Waals surface area contributed by atoms with Gasteiger partial charge >= 0.3 is 0 Å². The van der Waals surface area contributed by atoms with Crippen LogP contribution in [0.3, 0.4) is 0 Å². The van der Waals surface area contributed by atoms with Gasteiger partial charge in [0.25, 0.3) is 5.91 Å². The van der Waals surface area contributed by atoms with Gasteiger partial charge in [0, 0.05) is 6.07 Å². The van der Waals surface area contributed by atoms with E-state index < -0.39 is 5.91 Å². The molecule has 0 atom stereocenters. The van der Waals surface area contributed by atoms with Crippen molar-refractivity contribution in [3.05, 3.63) is 42.1 Å². The Morgan fingerprint density at radius 2 is 1.90 bits per heavy atom. The van der Waals surface area contributed by atoms with Crippen molar-refractivity contribution < 1.29 is 14.3 Å². The molecule has 2 rings (SSSR count). The monoisotopic (exact) mass is 287 g/mol. The summed E-state index contributed by atoms with van der Waals surface area (Å²) in [5.74, 6) is 0.974. The van der Waals surface area contributed by atoms with Crippen molar-refractivity contribution in [1.29, 1.82) is 0 Å². The second-order valence-corrected chi connectivity index (χ2v) is 4.40. The Bertz CT molecular complexity index is 627. The molecule has 6 heteroatoms. The Morgan fingerprint density at radius 3 is 2.52 bits per heavy atom. The predicted molar refractivity (Wildman–Crippen MR) is 79.5 cm³/mol. The van der Waals surface area contributed by atoms with Gasteiger partial charge in [-0.05, 0) is 30.7 Å². The minimum absolute atomic E-state index is 0.183. The molecule has 1 amide bonds. The van der Waals surface area contributed by atoms with Gasteiger partial charge in [-0.25, -0.2) is 4.98 Å². The van der Waals surface area contributed by atoms with Crippen LogP contribution in [0.5, 0.6) is 17.4 Å². The zero-order valence-corrected chi connectivity index (χ0v) is 11.7. The zero-order chi connectivity index (χ0) is 15.2. The van der Waals surface area contributed by atoms with Crippen LogP contribution in [0.25, 0.3) is 0 Å². The van der Waals surface area contributed by atoms with Crippen LogP contribution in [0, 0.1) is 0 Å². The number of carbonyl (C=O) groups excluding carboxylic acids is 1. The van der Waals surface area contributed by atoms with Crippen molar-refractivity contribution in [3.63, 3.8) is 0 Å². The third kappa shape index (κ3) is 3.85. The number of rotatable bonds is 6. The van der Waals surface area contributed by atoms with E-state index in [1.54, 1.807) is 24.3 Å². The number of hydrogen-bond acceptors (Lipinski definition) is 5. The van der Waals surface area contributed by atoms with E-state index >= 15 is 0 Å². The van der Waals surface area contributed by atoms with E-state index in [4.69, 9.17) is 20.9 Å². The lowest BCUT2D eigenvalue weighted by atomic mass is 10.2. The largest absolute Gasteiger partial charge is 0.494 e. The molecule has 0 saturated carbocycles. The summed E-state index contributed by atoms with van der Waals surface area (Å²) in [5, 5.41) is 0. The van der Waals surface area contributed by atoms with Crippen molar-refractivity contribution in [2.75, 3.05) is 12.3 Å². The number of amides is 1. The number of nitrogen functional groups attached to an aromatic ring is 1. The lowest BCUT2D eigenvalue weighted by molar-refractivity contribution is 0.100. The van der Waals surface area contributed by atoms with Crippen LogP contribution in [0.2, 0.25) is 0 Å². The van der Waals surface area contributed by atoms with Crippen molar-refractivity contribution in [2.24, 2.45) is 5.73 Å². The molecule has 0 bridgehead atoms. The molecule has 4 N–H and O–H groups in total. The van der Waals surface area contributed by atoms with E-state index in [2.05, 4.69) is 4.98 Å². The summed E-state index contributed by atoms with van der Waals surface area (Å²) in [4.78, 5) is 15.2. The fraction of sp³-hybridized carbons (Fsp3) is 0.200. The van der Waals surface area contributed by atoms with Crippen LogP contribution in [-0.4, -0.2) is 17.5 Å². The van der Waals surface area contributed by atoms with E-state index in [9.17, 15) is 4.79 Å². The molecule has 0 aliphatic rings. The fourth-order valence-corrected chi connectivity index (χ4v) is 1.66. The highest BCUT2D eigenvalue weighted by Crippen LogP contribution is 2.24. The van der Waals surface area contributed by atoms with Gasteiger partial charge in [-0.2, -0.15) is 0 Å². The first-order valence-electron chi connectivity index (χ1n) is 6.56. The lowest BCUT2D eigenvalue weighted by Gasteiger charge is -2.08. The number of primary amides is 1. The SMILES string of the molecule is CCCOc1ccc(Oc2cc(C(N)=O)c(N)cn2)cc1. The van der Waals surface area contributed by atoms with Gasteiger partial charge in [0.05, 0.1) is 24.1 Å². The van der Waals surface area contributed by atoms with Crippen LogP contribution in [0.15, 0.2) is 36.5 Å². The molecule has 0 fully saturated rings. The van der Waals surface area contributed by atoms with Gasteiger partial charge < -0.3 is 20.9 Å². The maximum absolute atomic E-state index is 11.2. The molecular weight excluding hydrogens is 270 g/mol. The topological polar surface area (TPSA) is 100 Å². The van der Waals surface area contributed by atoms with E-state index in [0.717, 1.165) is 12.2 Å². The minimum Gasteiger partial charge on any atom is -0.494 e. The average molecular weight is 287 g/mol. The molecule has 0 radical (unpaired) electrons. The third-order valence-electron chi connectivity index (χ3n) is 2.69. The van der Waals surface area contributed by atoms with Crippen LogP contribution < -0.4 is 20.9 Å². The molecule has 2 aromatic rings. The predicted octanol–water partition coefficient (Wildman–Crippen LogP) is 2.34. The van der Waals surface area contributed by atoms with Crippen molar-refractivity contribution in [3.8, 4) is 17.4 Å². The molecule has 0 spiro atoms. The number of ether oxygens (including phenoxy) is 2. The smallest absolute Gasteiger partial charge is 0.251 e. The molecule has 21 heavy (non-hydrogen) atoms. The van der Waals surface area contributed by atoms with Crippen molar-refractivity contribution in [1.82, 2.24) is 4.98 Å². The molecule has 1 heterocycles. The van der Waals surface area contributed by atoms with Gasteiger partial charge in [0.1, 0.15) is 11.5 Å². The number of hydrogen-bond donors (Lipinski definition) is 2. The number of anilines is 1. The van der Waals surface area contributed by atoms with Crippen molar-refractivity contribution >= 4 is 11.6 Å². The molecule has 0 saturated heterocycles. The first-order valence-corrected chi connectivity index (χ1v) is 6.56. The highest BCUT2D eigenvalue weighted by atomic mass is 16.5. The average Bonchev–Trinajstić information content (AvgIpc) is 2.48. The summed E-state index contributed by atoms with van der Waals surface area (Å²) >= 11 is 0. The summed E-state index contributed by atoms with van der Waals surface area (Å²) in [6.45, 7) is 2.71. The zero-order valence-electron chi connectivity index (χ0n) is 11.7. The Morgan fingerprint density at radius 1 is 1.24 bits per heavy atom. The summed E-state index contributed by atoms with van der Waals surface area (Å²) < 4.78 is 11.0. The Labute approximate surface area is 122 Å². The van der Waals surface area contributed by atoms with E-state index in [0.29, 0.717) is 12.4 Å². The van der Waals surface area contributed by atoms with Crippen LogP contribution in [-0.2, 0) is 0 Å². The Kier molecular flexibility index (Phi) is 4.61. The molecule has 6 nitrogen and oxygen atoms in total. The number of benzene rings is 1. The van der Waals surface area contributed by atoms with E-state index in [-0.39, 0.29) is 17.1 Å². The third-order valence-corrected chi connectivity index (χ3v) is 2.69. The second-order valence-electron chi connectivity index (χ2n) is 4.40. The van der Waals surface area contributed by atoms with E-state index in [1.807, 2.05) is 6.92 Å². The van der Waals surface area contributed by atoms with Gasteiger partial charge in [-0.3, -0.25) is 4.79 Å². The maximum Gasteiger partial charge on any atom is 0.251 e. The van der Waals surface area contributed by atoms with Crippen LogP contribution in [0.4, 0.5) is 5.69 Å². The van der Waals surface area contributed by atoms with Crippen LogP contribution in [0.1, 0.15) is 23.7 Å². The first kappa shape index (κ1) is 14.6. The molecule has 0 aliphatic carbocycles. The summed E-state index contributed by atoms with van der Waals surface area (Å²) in [7, 11) is 0. The summed E-state index contributed by atoms with van der Waals surface area (Å²) in [6, 6.07) is 8.54. The van der Waals surface area contributed by atoms with Gasteiger partial charge in [-0.15, -0.1) is 0 Å². The quantitative estimate of drug-likeness (QED) is 0.849. The Balaban J connectivity index is 2.11. The van der Waals surface area contributed by atoms with Gasteiger partial charge in [0.15, 0.2) is 0 Å². The molecule has 110 valence electrons. The molecule has 0 aliphatic heterocycles. The lowest BCUT2D eigenvalue weighted by Crippen LogP contribution is -2.13. The van der Waals surface area contributed by atoms with Gasteiger partial charge in [0.2, 0.25) is 5.88 Å². The second kappa shape index (κ2) is 6.60. The van der Waals surface area contributed by atoms with Gasteiger partial charge in [-0.1, -0.05) is 6.92 Å². The van der Waals surface area contributed by atoms with Crippen LogP contribution >= 0.6 is 0 Å². The molecular formula is C15H17N3O3. The van der Waals surface area contributed by atoms with Crippen molar-refractivity contribution in [2.45, 2.75) is 13.3 Å². The number of aromatic nitrogens is 1. The first-order chi connectivity index (χ1) is 10.1.